The number of aromatic nitrogens is 2. The first-order chi connectivity index (χ1) is 29.0. The molecule has 0 saturated carbocycles. The van der Waals surface area contributed by atoms with Crippen LogP contribution in [0.15, 0.2) is 48.9 Å². The summed E-state index contributed by atoms with van der Waals surface area (Å²) in [4.78, 5) is 15.2. The van der Waals surface area contributed by atoms with Gasteiger partial charge in [-0.25, -0.2) is 92.2 Å². The van der Waals surface area contributed by atoms with Crippen LogP contribution in [-0.4, -0.2) is 23.6 Å². The molecule has 0 bridgehead atoms. The first kappa shape index (κ1) is 46.5. The van der Waals surface area contributed by atoms with Crippen LogP contribution >= 0.6 is 0 Å². The van der Waals surface area contributed by atoms with E-state index in [4.69, 9.17) is 0 Å². The van der Waals surface area contributed by atoms with Gasteiger partial charge in [-0.15, -0.1) is 21.9 Å². The molecule has 0 amide bonds. The van der Waals surface area contributed by atoms with E-state index in [-0.39, 0.29) is 0 Å². The quantitative estimate of drug-likeness (QED) is 0.0399. The van der Waals surface area contributed by atoms with Gasteiger partial charge in [-0.05, 0) is 0 Å². The molecule has 0 atom stereocenters. The molecule has 3 nitrogen and oxygen atoms in total. The highest BCUT2D eigenvalue weighted by Crippen LogP contribution is 2.30. The van der Waals surface area contributed by atoms with E-state index in [9.17, 15) is 61.9 Å². The van der Waals surface area contributed by atoms with Crippen molar-refractivity contribution >= 4 is 33.8 Å². The Morgan fingerprint density at radius 2 is 0.710 bits per heavy atom. The minimum atomic E-state index is -7.22. The summed E-state index contributed by atoms with van der Waals surface area (Å²) >= 11 is 0. The largest absolute Gasteiger partial charge is 0.284 e. The number of Topliss-reactive ketones (excluding diaryl/α,β-unsaturated/α-hetero) is 1. The van der Waals surface area contributed by atoms with Crippen LogP contribution in [0.3, 0.4) is 0 Å². The molecule has 0 N–H and O–H groups in total. The highest BCUT2D eigenvalue weighted by molar-refractivity contribution is 7.20. The van der Waals surface area contributed by atoms with Crippen LogP contribution in [-0.2, 0) is 6.54 Å². The maximum Gasteiger partial charge on any atom is 0.270 e. The standard InChI is InChI=1S/C24BF20.C13H12FN2O/c26-5-1(6(27)14(35)21(42)13(5)34)25(2-7(28)15(36)22(43)16(37)8(2)29,3-9(30)17(38)23(44)18(39)10(3)31)4-11(32)19(40)24(45)20(41)12(4)33;14-8-13(17)12-9-15-6-7-16(12)10-11-4-2-1-3-5-11/h;1-7,9H,8,10H2/q-1;+1. The number of ketones is 1. The van der Waals surface area contributed by atoms with E-state index in [2.05, 4.69) is 4.98 Å². The third-order valence-corrected chi connectivity index (χ3v) is 9.15. The topological polar surface area (TPSA) is 33.8 Å². The molecule has 1 heterocycles. The molecule has 0 aliphatic heterocycles. The van der Waals surface area contributed by atoms with Crippen molar-refractivity contribution in [2.24, 2.45) is 0 Å². The SMILES string of the molecule is Fc1c(F)c(F)c([B-](c2c(F)c(F)c(F)c(F)c2F)(c2c(F)c(F)c(F)c(F)c2F)c2c(F)c(F)c(F)c(F)c2F)c(F)c1F.O=C(CF)c1cncc[n+]1Cc1ccccc1. The van der Waals surface area contributed by atoms with E-state index in [0.29, 0.717) is 12.2 Å². The summed E-state index contributed by atoms with van der Waals surface area (Å²) in [5, 5.41) is 0. The first-order valence-electron chi connectivity index (χ1n) is 16.2. The van der Waals surface area contributed by atoms with Crippen LogP contribution in [0.5, 0.6) is 0 Å². The van der Waals surface area contributed by atoms with Crippen LogP contribution in [0.1, 0.15) is 16.1 Å². The normalized spacial score (nSPS) is 11.5. The van der Waals surface area contributed by atoms with Crippen LogP contribution in [0.25, 0.3) is 0 Å². The van der Waals surface area contributed by atoms with Crippen molar-refractivity contribution in [3.8, 4) is 0 Å². The zero-order chi connectivity index (χ0) is 46.4. The number of hydrogen-bond donors (Lipinski definition) is 0. The zero-order valence-electron chi connectivity index (χ0n) is 29.4. The lowest BCUT2D eigenvalue weighted by Gasteiger charge is -2.44. The molecule has 0 aliphatic rings. The maximum absolute atomic E-state index is 15.4. The summed E-state index contributed by atoms with van der Waals surface area (Å²) in [6.45, 7) is -0.467. The van der Waals surface area contributed by atoms with Gasteiger partial charge in [-0.3, -0.25) is 9.78 Å². The van der Waals surface area contributed by atoms with Gasteiger partial charge in [0.1, 0.15) is 58.9 Å². The number of carbonyl (C=O) groups excluding carboxylic acids is 1. The number of rotatable bonds is 8. The zero-order valence-corrected chi connectivity index (χ0v) is 29.4. The van der Waals surface area contributed by atoms with E-state index in [1.54, 1.807) is 17.0 Å². The fourth-order valence-electron chi connectivity index (χ4n) is 6.48. The van der Waals surface area contributed by atoms with E-state index in [0.717, 1.165) is 5.56 Å². The first-order valence-corrected chi connectivity index (χ1v) is 16.2. The Kier molecular flexibility index (Phi) is 13.1. The van der Waals surface area contributed by atoms with E-state index in [1.165, 1.54) is 6.20 Å². The second-order valence-corrected chi connectivity index (χ2v) is 12.4. The van der Waals surface area contributed by atoms with Crippen LogP contribution < -0.4 is 26.4 Å². The molecule has 6 rings (SSSR count). The molecule has 0 aliphatic carbocycles. The van der Waals surface area contributed by atoms with Gasteiger partial charge in [0.15, 0.2) is 89.2 Å². The van der Waals surface area contributed by atoms with Gasteiger partial charge in [0, 0.05) is 5.56 Å². The molecule has 0 fully saturated rings. The van der Waals surface area contributed by atoms with Gasteiger partial charge in [0.25, 0.3) is 11.5 Å². The van der Waals surface area contributed by atoms with Gasteiger partial charge >= 0.3 is 0 Å². The summed E-state index contributed by atoms with van der Waals surface area (Å²) in [5.41, 5.74) is -13.0. The molecular formula is C37H12BF21N2O. The third kappa shape index (κ3) is 7.24. The lowest BCUT2D eigenvalue weighted by Crippen LogP contribution is -2.81. The lowest BCUT2D eigenvalue weighted by atomic mass is 9.12. The van der Waals surface area contributed by atoms with Crippen molar-refractivity contribution in [2.75, 3.05) is 6.67 Å². The fraction of sp³-hybridized carbons (Fsp3) is 0.0541. The van der Waals surface area contributed by atoms with Crippen LogP contribution in [0, 0.1) is 116 Å². The molecule has 25 heteroatoms. The maximum atomic E-state index is 15.4. The molecule has 0 spiro atoms. The number of alkyl halides is 1. The molecule has 0 unspecified atom stereocenters. The second kappa shape index (κ2) is 17.4. The third-order valence-electron chi connectivity index (χ3n) is 9.15. The Balaban J connectivity index is 0.000000355. The van der Waals surface area contributed by atoms with Crippen LogP contribution in [0.2, 0.25) is 0 Å². The summed E-state index contributed by atoms with van der Waals surface area (Å²) in [7, 11) is 0. The Bertz CT molecular complexity index is 2410. The van der Waals surface area contributed by atoms with Gasteiger partial charge in [0.2, 0.25) is 0 Å². The van der Waals surface area contributed by atoms with Crippen molar-refractivity contribution in [2.45, 2.75) is 6.54 Å². The van der Waals surface area contributed by atoms with E-state index >= 15 is 35.1 Å². The molecule has 0 radical (unpaired) electrons. The van der Waals surface area contributed by atoms with Gasteiger partial charge < -0.3 is 0 Å². The van der Waals surface area contributed by atoms with Gasteiger partial charge in [-0.1, -0.05) is 30.3 Å². The number of halogens is 21. The van der Waals surface area contributed by atoms with E-state index < -0.39 is 157 Å². The molecular weight excluding hydrogens is 898 g/mol. The van der Waals surface area contributed by atoms with Crippen molar-refractivity contribution in [1.82, 2.24) is 4.98 Å². The molecule has 326 valence electrons. The van der Waals surface area contributed by atoms with Crippen LogP contribution in [0.4, 0.5) is 92.2 Å². The Labute approximate surface area is 330 Å². The van der Waals surface area contributed by atoms with Gasteiger partial charge in [0.05, 0.1) is 6.20 Å². The molecule has 5 aromatic carbocycles. The Morgan fingerprint density at radius 3 is 0.984 bits per heavy atom. The van der Waals surface area contributed by atoms with Crippen molar-refractivity contribution in [3.05, 3.63) is 177 Å². The summed E-state index contributed by atoms with van der Waals surface area (Å²) < 4.78 is 308. The minimum absolute atomic E-state index is 0.291. The summed E-state index contributed by atoms with van der Waals surface area (Å²) in [5.74, 6) is -72.0. The monoisotopic (exact) mass is 910 g/mol. The summed E-state index contributed by atoms with van der Waals surface area (Å²) in [6, 6.07) is 9.68. The fourth-order valence-corrected chi connectivity index (χ4v) is 6.48. The molecule has 6 aromatic rings. The highest BCUT2D eigenvalue weighted by atomic mass is 19.2. The number of benzene rings is 5. The highest BCUT2D eigenvalue weighted by Gasteiger charge is 2.52. The lowest BCUT2D eigenvalue weighted by molar-refractivity contribution is -0.690. The van der Waals surface area contributed by atoms with Gasteiger partial charge in [-0.2, -0.15) is 4.57 Å². The molecule has 1 aromatic heterocycles. The van der Waals surface area contributed by atoms with Crippen molar-refractivity contribution < 1.29 is 102 Å². The smallest absolute Gasteiger partial charge is 0.270 e. The molecule has 62 heavy (non-hydrogen) atoms. The Morgan fingerprint density at radius 1 is 0.435 bits per heavy atom. The van der Waals surface area contributed by atoms with E-state index in [1.807, 2.05) is 30.3 Å². The Hall–Kier alpha value is -6.56. The predicted molar refractivity (Wildman–Crippen MR) is 169 cm³/mol. The predicted octanol–water partition coefficient (Wildman–Crippen LogP) is 7.42. The summed E-state index contributed by atoms with van der Waals surface area (Å²) in [6.07, 6.45) is -2.57. The number of carbonyl (C=O) groups is 1. The second-order valence-electron chi connectivity index (χ2n) is 12.4. The van der Waals surface area contributed by atoms with Crippen molar-refractivity contribution in [1.29, 1.82) is 0 Å². The average Bonchev–Trinajstić information content (AvgIpc) is 3.26. The molecule has 0 saturated heterocycles. The minimum Gasteiger partial charge on any atom is -0.284 e. The van der Waals surface area contributed by atoms with Crippen molar-refractivity contribution in [3.63, 3.8) is 0 Å². The number of hydrogen-bond acceptors (Lipinski definition) is 2. The average molecular weight is 910 g/mol. The number of nitrogens with zero attached hydrogens (tertiary/aromatic N) is 2.